The fraction of sp³-hybridized carbons (Fsp3) is 0.160. The van der Waals surface area contributed by atoms with Crippen LogP contribution in [0.5, 0.6) is 0 Å². The van der Waals surface area contributed by atoms with Crippen LogP contribution in [0.2, 0.25) is 0 Å². The number of nitrogens with one attached hydrogen (secondary N) is 1. The Morgan fingerprint density at radius 3 is 2.61 bits per heavy atom. The fourth-order valence-electron chi connectivity index (χ4n) is 3.57. The number of carbonyl (C=O) groups excluding carboxylic acids is 2. The molecule has 0 atom stereocenters. The second-order valence-electron chi connectivity index (χ2n) is 7.48. The summed E-state index contributed by atoms with van der Waals surface area (Å²) in [6.07, 6.45) is 5.30. The van der Waals surface area contributed by atoms with E-state index in [4.69, 9.17) is 9.15 Å². The summed E-state index contributed by atoms with van der Waals surface area (Å²) in [7, 11) is 0. The number of furan rings is 1. The number of benzene rings is 1. The Bertz CT molecular complexity index is 1330. The van der Waals surface area contributed by atoms with E-state index in [1.54, 1.807) is 35.1 Å². The SMILES string of the molecule is Cc1c(C#N)c(NC(=O)COC(=O)c2cccc(-n3cccc3)c2)n(Cc2ccco2)c1C. The van der Waals surface area contributed by atoms with Crippen LogP contribution >= 0.6 is 0 Å². The molecule has 0 radical (unpaired) electrons. The lowest BCUT2D eigenvalue weighted by atomic mass is 10.2. The van der Waals surface area contributed by atoms with Gasteiger partial charge in [0.15, 0.2) is 6.61 Å². The third kappa shape index (κ3) is 4.57. The summed E-state index contributed by atoms with van der Waals surface area (Å²) in [4.78, 5) is 25.1. The molecule has 4 rings (SSSR count). The van der Waals surface area contributed by atoms with Gasteiger partial charge < -0.3 is 23.6 Å². The molecule has 0 aliphatic rings. The van der Waals surface area contributed by atoms with Gasteiger partial charge in [0.1, 0.15) is 17.6 Å². The number of ether oxygens (including phenoxy) is 1. The normalized spacial score (nSPS) is 10.6. The average Bonchev–Trinajstić information content (AvgIpc) is 3.58. The minimum Gasteiger partial charge on any atom is -0.467 e. The quantitative estimate of drug-likeness (QED) is 0.432. The van der Waals surface area contributed by atoms with Gasteiger partial charge in [-0.25, -0.2) is 4.79 Å². The minimum absolute atomic E-state index is 0.333. The first-order chi connectivity index (χ1) is 16.0. The summed E-state index contributed by atoms with van der Waals surface area (Å²) >= 11 is 0. The second-order valence-corrected chi connectivity index (χ2v) is 7.48. The summed E-state index contributed by atoms with van der Waals surface area (Å²) in [6, 6.07) is 16.4. The molecule has 0 bridgehead atoms. The van der Waals surface area contributed by atoms with Gasteiger partial charge in [-0.1, -0.05) is 6.07 Å². The largest absolute Gasteiger partial charge is 0.467 e. The van der Waals surface area contributed by atoms with Crippen LogP contribution in [-0.2, 0) is 16.1 Å². The lowest BCUT2D eigenvalue weighted by molar-refractivity contribution is -0.119. The Balaban J connectivity index is 1.46. The molecular weight excluding hydrogens is 420 g/mol. The number of aromatic nitrogens is 2. The maximum Gasteiger partial charge on any atom is 0.338 e. The molecular formula is C25H22N4O4. The molecule has 0 saturated carbocycles. The monoisotopic (exact) mass is 442 g/mol. The van der Waals surface area contributed by atoms with E-state index in [-0.39, 0.29) is 0 Å². The molecule has 3 aromatic heterocycles. The number of nitrogens with zero attached hydrogens (tertiary/aromatic N) is 3. The highest BCUT2D eigenvalue weighted by Gasteiger charge is 2.21. The number of carbonyl (C=O) groups is 2. The van der Waals surface area contributed by atoms with E-state index in [1.165, 1.54) is 0 Å². The molecule has 8 heteroatoms. The van der Waals surface area contributed by atoms with Crippen LogP contribution in [0.15, 0.2) is 71.6 Å². The van der Waals surface area contributed by atoms with E-state index >= 15 is 0 Å². The second kappa shape index (κ2) is 9.32. The number of nitriles is 1. The molecule has 8 nitrogen and oxygen atoms in total. The lowest BCUT2D eigenvalue weighted by Crippen LogP contribution is -2.23. The maximum atomic E-state index is 12.6. The number of anilines is 1. The minimum atomic E-state index is -0.613. The van der Waals surface area contributed by atoms with Crippen molar-refractivity contribution in [2.24, 2.45) is 0 Å². The van der Waals surface area contributed by atoms with Crippen molar-refractivity contribution in [2.45, 2.75) is 20.4 Å². The van der Waals surface area contributed by atoms with E-state index in [2.05, 4.69) is 11.4 Å². The average molecular weight is 442 g/mol. The van der Waals surface area contributed by atoms with Crippen LogP contribution in [0, 0.1) is 25.2 Å². The molecule has 4 aromatic rings. The molecule has 33 heavy (non-hydrogen) atoms. The van der Waals surface area contributed by atoms with Crippen LogP contribution in [-0.4, -0.2) is 27.6 Å². The van der Waals surface area contributed by atoms with Gasteiger partial charge in [0.2, 0.25) is 0 Å². The highest BCUT2D eigenvalue weighted by atomic mass is 16.5. The van der Waals surface area contributed by atoms with E-state index < -0.39 is 18.5 Å². The summed E-state index contributed by atoms with van der Waals surface area (Å²) in [6.45, 7) is 3.55. The van der Waals surface area contributed by atoms with Crippen molar-refractivity contribution >= 4 is 17.7 Å². The third-order valence-corrected chi connectivity index (χ3v) is 5.41. The zero-order chi connectivity index (χ0) is 23.4. The van der Waals surface area contributed by atoms with Gasteiger partial charge in [0.05, 0.1) is 23.9 Å². The van der Waals surface area contributed by atoms with Crippen LogP contribution in [0.3, 0.4) is 0 Å². The summed E-state index contributed by atoms with van der Waals surface area (Å²) in [5.74, 6) is -0.126. The highest BCUT2D eigenvalue weighted by molar-refractivity contribution is 5.96. The standard InChI is InChI=1S/C25H22N4O4/c1-17-18(2)29(15-21-9-6-12-32-21)24(22(17)14-26)27-23(30)16-33-25(31)19-7-5-8-20(13-19)28-10-3-4-11-28/h3-13H,15-16H2,1-2H3,(H,27,30). The molecule has 0 spiro atoms. The molecule has 1 aromatic carbocycles. The van der Waals surface area contributed by atoms with Crippen molar-refractivity contribution in [3.05, 3.63) is 95.3 Å². The maximum absolute atomic E-state index is 12.6. The third-order valence-electron chi connectivity index (χ3n) is 5.41. The zero-order valence-corrected chi connectivity index (χ0v) is 18.2. The molecule has 0 fully saturated rings. The van der Waals surface area contributed by atoms with Crippen molar-refractivity contribution in [3.8, 4) is 11.8 Å². The Kier molecular flexibility index (Phi) is 6.13. The van der Waals surface area contributed by atoms with Crippen molar-refractivity contribution in [2.75, 3.05) is 11.9 Å². The van der Waals surface area contributed by atoms with Crippen LogP contribution < -0.4 is 5.32 Å². The molecule has 0 saturated heterocycles. The van der Waals surface area contributed by atoms with Crippen molar-refractivity contribution < 1.29 is 18.7 Å². The highest BCUT2D eigenvalue weighted by Crippen LogP contribution is 2.27. The molecule has 0 aliphatic carbocycles. The number of hydrogen-bond donors (Lipinski definition) is 1. The Hall–Kier alpha value is -4.51. The summed E-state index contributed by atoms with van der Waals surface area (Å²) in [5, 5.41) is 12.3. The van der Waals surface area contributed by atoms with Crippen LogP contribution in [0.1, 0.15) is 32.9 Å². The van der Waals surface area contributed by atoms with Gasteiger partial charge in [-0.3, -0.25) is 4.79 Å². The Morgan fingerprint density at radius 1 is 1.12 bits per heavy atom. The van der Waals surface area contributed by atoms with Gasteiger partial charge in [-0.15, -0.1) is 0 Å². The fourth-order valence-corrected chi connectivity index (χ4v) is 3.57. The smallest absolute Gasteiger partial charge is 0.338 e. The van der Waals surface area contributed by atoms with Gasteiger partial charge in [0, 0.05) is 23.8 Å². The number of esters is 1. The lowest BCUT2D eigenvalue weighted by Gasteiger charge is -2.12. The van der Waals surface area contributed by atoms with Gasteiger partial charge in [0.25, 0.3) is 5.91 Å². The van der Waals surface area contributed by atoms with E-state index in [1.807, 2.05) is 55.1 Å². The molecule has 1 N–H and O–H groups in total. The summed E-state index contributed by atoms with van der Waals surface area (Å²) < 4.78 is 14.3. The van der Waals surface area contributed by atoms with Crippen LogP contribution in [0.25, 0.3) is 5.69 Å². The molecule has 166 valence electrons. The zero-order valence-electron chi connectivity index (χ0n) is 18.2. The van der Waals surface area contributed by atoms with Crippen LogP contribution in [0.4, 0.5) is 5.82 Å². The predicted molar refractivity (Wildman–Crippen MR) is 121 cm³/mol. The van der Waals surface area contributed by atoms with E-state index in [0.29, 0.717) is 29.2 Å². The van der Waals surface area contributed by atoms with Gasteiger partial charge in [-0.05, 0) is 61.9 Å². The molecule has 3 heterocycles. The Morgan fingerprint density at radius 2 is 1.91 bits per heavy atom. The van der Waals surface area contributed by atoms with E-state index in [9.17, 15) is 14.9 Å². The first-order valence-electron chi connectivity index (χ1n) is 10.3. The number of rotatable bonds is 7. The number of amides is 1. The number of hydrogen-bond acceptors (Lipinski definition) is 5. The topological polar surface area (TPSA) is 102 Å². The molecule has 0 aliphatic heterocycles. The Labute approximate surface area is 190 Å². The first kappa shape index (κ1) is 21.7. The van der Waals surface area contributed by atoms with Crippen molar-refractivity contribution in [3.63, 3.8) is 0 Å². The molecule has 0 unspecified atom stereocenters. The van der Waals surface area contributed by atoms with Crippen molar-refractivity contribution in [1.82, 2.24) is 9.13 Å². The molecule has 1 amide bonds. The predicted octanol–water partition coefficient (Wildman–Crippen LogP) is 4.20. The van der Waals surface area contributed by atoms with Crippen molar-refractivity contribution in [1.29, 1.82) is 5.26 Å². The van der Waals surface area contributed by atoms with E-state index in [0.717, 1.165) is 16.9 Å². The summed E-state index contributed by atoms with van der Waals surface area (Å²) in [5.41, 5.74) is 3.09. The first-order valence-corrected chi connectivity index (χ1v) is 10.3. The van der Waals surface area contributed by atoms with Gasteiger partial charge >= 0.3 is 5.97 Å². The van der Waals surface area contributed by atoms with Gasteiger partial charge in [-0.2, -0.15) is 5.26 Å².